The highest BCUT2D eigenvalue weighted by Gasteiger charge is 2.08. The SMILES string of the molecule is Fc1cc(Cl)ccc1-c1ccc(Cn2nnc3ccccc32)cn1. The third-order valence-corrected chi connectivity index (χ3v) is 4.02. The summed E-state index contributed by atoms with van der Waals surface area (Å²) in [4.78, 5) is 4.36. The molecule has 0 spiro atoms. The molecule has 0 saturated heterocycles. The molecule has 4 rings (SSSR count). The van der Waals surface area contributed by atoms with E-state index >= 15 is 0 Å². The van der Waals surface area contributed by atoms with E-state index in [9.17, 15) is 4.39 Å². The van der Waals surface area contributed by atoms with Crippen LogP contribution in [0.1, 0.15) is 5.56 Å². The lowest BCUT2D eigenvalue weighted by Gasteiger charge is -2.06. The summed E-state index contributed by atoms with van der Waals surface area (Å²) in [6.45, 7) is 0.552. The molecule has 0 atom stereocenters. The Morgan fingerprint density at radius 2 is 1.92 bits per heavy atom. The molecule has 0 saturated carbocycles. The molecule has 0 aliphatic rings. The highest BCUT2D eigenvalue weighted by Crippen LogP contribution is 2.24. The first-order chi connectivity index (χ1) is 11.7. The maximum atomic E-state index is 14.0. The molecule has 2 aromatic heterocycles. The average Bonchev–Trinajstić information content (AvgIpc) is 2.99. The van der Waals surface area contributed by atoms with Crippen molar-refractivity contribution in [2.45, 2.75) is 6.54 Å². The Labute approximate surface area is 142 Å². The number of benzene rings is 2. The van der Waals surface area contributed by atoms with E-state index in [0.717, 1.165) is 16.6 Å². The van der Waals surface area contributed by atoms with Gasteiger partial charge < -0.3 is 0 Å². The fraction of sp³-hybridized carbons (Fsp3) is 0.0556. The molecule has 0 aliphatic carbocycles. The van der Waals surface area contributed by atoms with E-state index < -0.39 is 0 Å². The Morgan fingerprint density at radius 1 is 1.04 bits per heavy atom. The van der Waals surface area contributed by atoms with Crippen molar-refractivity contribution in [2.24, 2.45) is 0 Å². The number of pyridine rings is 1. The van der Waals surface area contributed by atoms with Crippen molar-refractivity contribution in [1.29, 1.82) is 0 Å². The first-order valence-electron chi connectivity index (χ1n) is 7.39. The molecule has 4 aromatic rings. The van der Waals surface area contributed by atoms with Gasteiger partial charge in [-0.3, -0.25) is 4.98 Å². The van der Waals surface area contributed by atoms with Gasteiger partial charge in [-0.2, -0.15) is 0 Å². The summed E-state index contributed by atoms with van der Waals surface area (Å²) in [7, 11) is 0. The second kappa shape index (κ2) is 6.02. The number of nitrogens with zero attached hydrogens (tertiary/aromatic N) is 4. The normalized spacial score (nSPS) is 11.1. The van der Waals surface area contributed by atoms with Crippen LogP contribution in [-0.2, 0) is 6.54 Å². The minimum atomic E-state index is -0.384. The number of hydrogen-bond acceptors (Lipinski definition) is 3. The highest BCUT2D eigenvalue weighted by atomic mass is 35.5. The molecule has 2 aromatic carbocycles. The van der Waals surface area contributed by atoms with Crippen LogP contribution in [0, 0.1) is 5.82 Å². The van der Waals surface area contributed by atoms with Crippen molar-refractivity contribution in [3.8, 4) is 11.3 Å². The summed E-state index contributed by atoms with van der Waals surface area (Å²) in [5.41, 5.74) is 3.77. The molecule has 6 heteroatoms. The van der Waals surface area contributed by atoms with Crippen LogP contribution < -0.4 is 0 Å². The topological polar surface area (TPSA) is 43.6 Å². The van der Waals surface area contributed by atoms with Gasteiger partial charge in [-0.25, -0.2) is 9.07 Å². The Kier molecular flexibility index (Phi) is 3.70. The predicted octanol–water partition coefficient (Wildman–Crippen LogP) is 4.33. The molecule has 0 amide bonds. The second-order valence-corrected chi connectivity index (χ2v) is 5.85. The number of aromatic nitrogens is 4. The van der Waals surface area contributed by atoms with Gasteiger partial charge in [0.2, 0.25) is 0 Å². The van der Waals surface area contributed by atoms with Crippen LogP contribution >= 0.6 is 11.6 Å². The van der Waals surface area contributed by atoms with E-state index in [4.69, 9.17) is 11.6 Å². The standard InChI is InChI=1S/C18H12ClFN4/c19-13-6-7-14(15(20)9-13)16-8-5-12(10-21-16)11-24-18-4-2-1-3-17(18)22-23-24/h1-10H,11H2. The smallest absolute Gasteiger partial charge is 0.134 e. The van der Waals surface area contributed by atoms with E-state index in [-0.39, 0.29) is 5.82 Å². The summed E-state index contributed by atoms with van der Waals surface area (Å²) in [5.74, 6) is -0.384. The minimum Gasteiger partial charge on any atom is -0.256 e. The van der Waals surface area contributed by atoms with Crippen LogP contribution in [0.15, 0.2) is 60.8 Å². The molecule has 4 nitrogen and oxygen atoms in total. The third kappa shape index (κ3) is 2.74. The van der Waals surface area contributed by atoms with Crippen LogP contribution in [0.2, 0.25) is 5.02 Å². The van der Waals surface area contributed by atoms with Crippen molar-refractivity contribution in [1.82, 2.24) is 20.0 Å². The number of hydrogen-bond donors (Lipinski definition) is 0. The molecule has 0 unspecified atom stereocenters. The Bertz CT molecular complexity index is 1010. The fourth-order valence-corrected chi connectivity index (χ4v) is 2.74. The zero-order chi connectivity index (χ0) is 16.5. The van der Waals surface area contributed by atoms with E-state index in [1.807, 2.05) is 35.0 Å². The maximum Gasteiger partial charge on any atom is 0.134 e. The number of fused-ring (bicyclic) bond motifs is 1. The molecular formula is C18H12ClFN4. The van der Waals surface area contributed by atoms with Gasteiger partial charge in [0.25, 0.3) is 0 Å². The lowest BCUT2D eigenvalue weighted by atomic mass is 10.1. The van der Waals surface area contributed by atoms with E-state index in [1.54, 1.807) is 24.4 Å². The summed E-state index contributed by atoms with van der Waals surface area (Å²) in [6, 6.07) is 16.0. The van der Waals surface area contributed by atoms with Gasteiger partial charge in [-0.1, -0.05) is 35.0 Å². The van der Waals surface area contributed by atoms with E-state index in [1.165, 1.54) is 6.07 Å². The fourth-order valence-electron chi connectivity index (χ4n) is 2.58. The van der Waals surface area contributed by atoms with E-state index in [0.29, 0.717) is 22.8 Å². The molecule has 0 bridgehead atoms. The molecule has 24 heavy (non-hydrogen) atoms. The Morgan fingerprint density at radius 3 is 2.71 bits per heavy atom. The van der Waals surface area contributed by atoms with Crippen molar-refractivity contribution >= 4 is 22.6 Å². The Hall–Kier alpha value is -2.79. The number of para-hydroxylation sites is 1. The average molecular weight is 339 g/mol. The third-order valence-electron chi connectivity index (χ3n) is 3.78. The van der Waals surface area contributed by atoms with Crippen molar-refractivity contribution in [3.63, 3.8) is 0 Å². The van der Waals surface area contributed by atoms with Crippen LogP contribution in [0.4, 0.5) is 4.39 Å². The second-order valence-electron chi connectivity index (χ2n) is 5.41. The zero-order valence-electron chi connectivity index (χ0n) is 12.5. The van der Waals surface area contributed by atoms with Gasteiger partial charge in [-0.15, -0.1) is 5.10 Å². The van der Waals surface area contributed by atoms with Gasteiger partial charge >= 0.3 is 0 Å². The molecule has 0 aliphatic heterocycles. The lowest BCUT2D eigenvalue weighted by Crippen LogP contribution is -2.02. The van der Waals surface area contributed by atoms with Crippen LogP contribution in [0.5, 0.6) is 0 Å². The molecule has 0 N–H and O–H groups in total. The monoisotopic (exact) mass is 338 g/mol. The zero-order valence-corrected chi connectivity index (χ0v) is 13.3. The first-order valence-corrected chi connectivity index (χ1v) is 7.77. The quantitative estimate of drug-likeness (QED) is 0.558. The molecule has 2 heterocycles. The first kappa shape index (κ1) is 14.8. The lowest BCUT2D eigenvalue weighted by molar-refractivity contribution is 0.630. The van der Waals surface area contributed by atoms with Crippen LogP contribution in [0.3, 0.4) is 0 Å². The number of halogens is 2. The number of rotatable bonds is 3. The summed E-state index contributed by atoms with van der Waals surface area (Å²) < 4.78 is 15.8. The van der Waals surface area contributed by atoms with Gasteiger partial charge in [-0.05, 0) is 42.0 Å². The summed E-state index contributed by atoms with van der Waals surface area (Å²) >= 11 is 5.78. The van der Waals surface area contributed by atoms with E-state index in [2.05, 4.69) is 15.3 Å². The molecule has 0 radical (unpaired) electrons. The predicted molar refractivity (Wildman–Crippen MR) is 91.3 cm³/mol. The van der Waals surface area contributed by atoms with Crippen molar-refractivity contribution < 1.29 is 4.39 Å². The summed E-state index contributed by atoms with van der Waals surface area (Å²) in [5, 5.41) is 8.66. The Balaban J connectivity index is 1.62. The molecule has 118 valence electrons. The molecular weight excluding hydrogens is 327 g/mol. The van der Waals surface area contributed by atoms with Crippen LogP contribution in [0.25, 0.3) is 22.3 Å². The van der Waals surface area contributed by atoms with Gasteiger partial charge in [0, 0.05) is 16.8 Å². The van der Waals surface area contributed by atoms with Crippen molar-refractivity contribution in [3.05, 3.63) is 77.2 Å². The van der Waals surface area contributed by atoms with Crippen LogP contribution in [-0.4, -0.2) is 20.0 Å². The largest absolute Gasteiger partial charge is 0.256 e. The highest BCUT2D eigenvalue weighted by molar-refractivity contribution is 6.30. The summed E-state index contributed by atoms with van der Waals surface area (Å²) in [6.07, 6.45) is 1.72. The van der Waals surface area contributed by atoms with Crippen molar-refractivity contribution in [2.75, 3.05) is 0 Å². The van der Waals surface area contributed by atoms with Gasteiger partial charge in [0.05, 0.1) is 17.8 Å². The maximum absolute atomic E-state index is 14.0. The van der Waals surface area contributed by atoms with Gasteiger partial charge in [0.15, 0.2) is 0 Å². The van der Waals surface area contributed by atoms with Gasteiger partial charge in [0.1, 0.15) is 11.3 Å². The minimum absolute atomic E-state index is 0.367. The molecule has 0 fully saturated rings.